The van der Waals surface area contributed by atoms with Crippen molar-refractivity contribution >= 4 is 46.9 Å². The Balaban J connectivity index is 0.00000181. The third kappa shape index (κ3) is 72.2. The number of esters is 5. The summed E-state index contributed by atoms with van der Waals surface area (Å²) in [5.41, 5.74) is 22.7. The first-order valence-corrected chi connectivity index (χ1v) is 48.6. The number of nitrogens with zero attached hydrogens (tertiary/aromatic N) is 5. The maximum Gasteiger partial charge on any atom is 0.330 e. The van der Waals surface area contributed by atoms with Gasteiger partial charge >= 0.3 is 29.8 Å². The van der Waals surface area contributed by atoms with E-state index < -0.39 is 0 Å². The Bertz CT molecular complexity index is 2710. The molecule has 119 heavy (non-hydrogen) atoms. The number of rotatable bonds is 74. The Hall–Kier alpha value is -6.05. The van der Waals surface area contributed by atoms with Gasteiger partial charge in [0, 0.05) is 70.4 Å². The summed E-state index contributed by atoms with van der Waals surface area (Å²) in [4.78, 5) is 72.1. The second kappa shape index (κ2) is 82.9. The van der Waals surface area contributed by atoms with Crippen LogP contribution in [0.25, 0.3) is 0 Å². The summed E-state index contributed by atoms with van der Waals surface area (Å²) < 4.78 is 27.1. The molecule has 6 N–H and O–H groups in total. The predicted octanol–water partition coefficient (Wildman–Crippen LogP) is 25.1. The Labute approximate surface area is 730 Å². The first-order valence-electron chi connectivity index (χ1n) is 48.6. The number of carbonyl (C=O) groups excluding carboxylic acids is 5. The lowest BCUT2D eigenvalue weighted by atomic mass is 10.1. The summed E-state index contributed by atoms with van der Waals surface area (Å²) in [6.07, 6.45) is 65.9. The topological polar surface area (TPSA) is 226 Å². The number of nitrogens with two attached hydrogens (primary N) is 3. The minimum absolute atomic E-state index is 0. The van der Waals surface area contributed by atoms with Crippen LogP contribution in [0.2, 0.25) is 0 Å². The summed E-state index contributed by atoms with van der Waals surface area (Å²) >= 11 is 0. The molecule has 3 aromatic rings. The normalized spacial score (nSPS) is 12.1. The molecule has 0 amide bonds. The van der Waals surface area contributed by atoms with Crippen molar-refractivity contribution in [2.24, 2.45) is 5.73 Å². The zero-order chi connectivity index (χ0) is 86.8. The van der Waals surface area contributed by atoms with Crippen LogP contribution in [0.3, 0.4) is 0 Å². The Morgan fingerprint density at radius 3 is 0.782 bits per heavy atom. The van der Waals surface area contributed by atoms with E-state index in [4.69, 9.17) is 40.9 Å². The maximum absolute atomic E-state index is 12.6. The Morgan fingerprint density at radius 2 is 0.546 bits per heavy atom. The van der Waals surface area contributed by atoms with Crippen molar-refractivity contribution in [2.75, 3.05) is 110 Å². The van der Waals surface area contributed by atoms with Gasteiger partial charge in [0.2, 0.25) is 0 Å². The molecule has 0 aromatic heterocycles. The Morgan fingerprint density at radius 1 is 0.328 bits per heavy atom. The molecule has 0 radical (unpaired) electrons. The lowest BCUT2D eigenvalue weighted by Gasteiger charge is -2.40. The van der Waals surface area contributed by atoms with E-state index in [9.17, 15) is 24.0 Å². The second-order valence-electron chi connectivity index (χ2n) is 33.7. The number of hydrogen-bond donors (Lipinski definition) is 3. The van der Waals surface area contributed by atoms with Crippen LogP contribution in [0.5, 0.6) is 0 Å². The fourth-order valence-corrected chi connectivity index (χ4v) is 14.6. The van der Waals surface area contributed by atoms with Gasteiger partial charge in [0.05, 0.1) is 78.7 Å². The van der Waals surface area contributed by atoms with Crippen molar-refractivity contribution in [3.8, 4) is 0 Å². The summed E-state index contributed by atoms with van der Waals surface area (Å²) in [5, 5.41) is 0. The molecule has 0 unspecified atom stereocenters. The van der Waals surface area contributed by atoms with Crippen LogP contribution in [-0.2, 0) is 67.3 Å². The van der Waals surface area contributed by atoms with Crippen molar-refractivity contribution in [1.29, 1.82) is 0 Å². The molecule has 1 saturated heterocycles. The molecule has 1 aliphatic heterocycles. The number of unbranched alkanes of at least 4 members (excludes halogenated alkanes) is 45. The molecule has 3 aromatic carbocycles. The summed E-state index contributed by atoms with van der Waals surface area (Å²) in [6.45, 7) is 24.1. The highest BCUT2D eigenvalue weighted by Gasteiger charge is 2.20. The van der Waals surface area contributed by atoms with E-state index in [2.05, 4.69) is 104 Å². The van der Waals surface area contributed by atoms with Gasteiger partial charge < -0.3 is 45.8 Å². The van der Waals surface area contributed by atoms with Crippen LogP contribution in [0.15, 0.2) is 85.5 Å². The summed E-state index contributed by atoms with van der Waals surface area (Å²) in [5.74, 6) is -0.934. The van der Waals surface area contributed by atoms with E-state index >= 15 is 0 Å². The molecule has 0 atom stereocenters. The minimum Gasteiger partial charge on any atom is -0.466 e. The van der Waals surface area contributed by atoms with E-state index in [0.29, 0.717) is 105 Å². The average Bonchev–Trinajstić information content (AvgIpc) is 0.839. The van der Waals surface area contributed by atoms with Crippen LogP contribution < -0.4 is 22.1 Å². The third-order valence-corrected chi connectivity index (χ3v) is 22.1. The molecule has 4 rings (SSSR count). The number of carbonyl (C=O) groups is 5. The van der Waals surface area contributed by atoms with Gasteiger partial charge in [-0.3, -0.25) is 38.8 Å². The minimum atomic E-state index is -0.305. The number of hydrogen-bond acceptors (Lipinski definition) is 18. The van der Waals surface area contributed by atoms with Crippen molar-refractivity contribution in [3.63, 3.8) is 0 Å². The maximum atomic E-state index is 12.6. The number of ether oxygens (including phenoxy) is 5. The molecule has 686 valence electrons. The van der Waals surface area contributed by atoms with Crippen molar-refractivity contribution < 1.29 is 49.1 Å². The smallest absolute Gasteiger partial charge is 0.330 e. The lowest BCUT2D eigenvalue weighted by molar-refractivity contribution is -0.146. The van der Waals surface area contributed by atoms with Gasteiger partial charge in [0.15, 0.2) is 0 Å². The molecule has 0 bridgehead atoms. The van der Waals surface area contributed by atoms with Gasteiger partial charge in [-0.2, -0.15) is 0 Å². The highest BCUT2D eigenvalue weighted by Crippen LogP contribution is 2.22. The monoisotopic (exact) mass is 1670 g/mol. The van der Waals surface area contributed by atoms with Crippen LogP contribution in [0.1, 0.15) is 399 Å². The standard InChI is InChI=1S/C42H76N4O4.C37H66N2O4.C15H28O2.C7H10N2.H2/c1-5-7-9-11-13-15-17-19-21-23-33-49-41(47)29-31-45(32-30-42(48)50-34-24-22-20-18-16-14-12-10-8-6-2)35-39-25-27-40(28-26-39)46-37-43(3)36-44(4)38-46;1-3-5-7-9-11-13-15-17-19-21-31-42-36(40)27-29-39(33-34-23-25-35(38)26-24-34)30-28-37(41)43-32-22-20-18-16-14-12-10-8-6-4-2;1-3-5-6-7-8-9-10-11-12-13-14-17-15(16)4-2;8-5-6-1-3-7(9)4-2-6;/h25-28H,5-24,29-38H2,1-4H3;23-26H,3-22,27-33,38H2,1-2H3;4H,2-3,5-14H2,1H3;1-4H,5,8-9H2;1H/i;;;;1+1. The zero-order valence-electron chi connectivity index (χ0n) is 77.6. The lowest BCUT2D eigenvalue weighted by Crippen LogP contribution is -2.52. The first kappa shape index (κ1) is 111. The molecule has 0 saturated carbocycles. The van der Waals surface area contributed by atoms with E-state index in [0.717, 1.165) is 100 Å². The van der Waals surface area contributed by atoms with Crippen LogP contribution in [0, 0.1) is 0 Å². The van der Waals surface area contributed by atoms with Crippen molar-refractivity contribution in [2.45, 2.75) is 401 Å². The largest absolute Gasteiger partial charge is 0.466 e. The van der Waals surface area contributed by atoms with E-state index in [1.807, 2.05) is 48.5 Å². The molecule has 18 heteroatoms. The van der Waals surface area contributed by atoms with Crippen LogP contribution >= 0.6 is 0 Å². The van der Waals surface area contributed by atoms with Crippen LogP contribution in [-0.4, -0.2) is 143 Å². The number of nitrogen functional groups attached to an aromatic ring is 2. The average molecular weight is 1670 g/mol. The highest BCUT2D eigenvalue weighted by molar-refractivity contribution is 5.81. The molecule has 1 heterocycles. The molecular weight excluding hydrogens is 1490 g/mol. The molecule has 1 aliphatic rings. The molecule has 1 fully saturated rings. The SMILES string of the molecule is C=CC(=O)OCCCCCCCCCCCC.CCCCCCCCCCCCOC(=O)CCN(CCC(=O)OCCCCCCCCCCCC)Cc1ccc(N)cc1.CCCCCCCCCCCCOC(=O)CCN(CCC(=O)OCCCCCCCCCCCC)Cc1ccc(N2CN(C)CN(C)C2)cc1.NCc1ccc(N)cc1.[2HH]. The van der Waals surface area contributed by atoms with Crippen LogP contribution in [0.4, 0.5) is 17.1 Å². The summed E-state index contributed by atoms with van der Waals surface area (Å²) in [7, 11) is 4.28. The van der Waals surface area contributed by atoms with Gasteiger partial charge in [0.1, 0.15) is 0 Å². The molecule has 18 nitrogen and oxygen atoms in total. The van der Waals surface area contributed by atoms with Crippen molar-refractivity contribution in [1.82, 2.24) is 19.6 Å². The molecule has 0 spiro atoms. The van der Waals surface area contributed by atoms with Gasteiger partial charge in [-0.05, 0) is 99.3 Å². The molecular formula is C101H182N8O10. The quantitative estimate of drug-likeness (QED) is 0.0157. The molecule has 0 aliphatic carbocycles. The number of anilines is 3. The van der Waals surface area contributed by atoms with Crippen molar-refractivity contribution in [3.05, 3.63) is 102 Å². The van der Waals surface area contributed by atoms with E-state index in [1.54, 1.807) is 0 Å². The highest BCUT2D eigenvalue weighted by atomic mass is 16.5. The fraction of sp³-hybridized carbons (Fsp3) is 0.752. The second-order valence-corrected chi connectivity index (χ2v) is 33.7. The van der Waals surface area contributed by atoms with Gasteiger partial charge in [0.25, 0.3) is 0 Å². The first-order chi connectivity index (χ1) is 58.1. The zero-order valence-corrected chi connectivity index (χ0v) is 77.6. The summed E-state index contributed by atoms with van der Waals surface area (Å²) in [6, 6.07) is 24.0. The van der Waals surface area contributed by atoms with Gasteiger partial charge in [-0.15, -0.1) is 0 Å². The fourth-order valence-electron chi connectivity index (χ4n) is 14.6. The number of benzene rings is 3. The predicted molar refractivity (Wildman–Crippen MR) is 504 cm³/mol. The Kier molecular flexibility index (Phi) is 77.3. The van der Waals surface area contributed by atoms with E-state index in [1.165, 1.54) is 281 Å². The van der Waals surface area contributed by atoms with Gasteiger partial charge in [-0.25, -0.2) is 4.79 Å². The van der Waals surface area contributed by atoms with E-state index in [-0.39, 0.29) is 31.3 Å². The van der Waals surface area contributed by atoms with Gasteiger partial charge in [-0.1, -0.05) is 367 Å². The third-order valence-electron chi connectivity index (χ3n) is 22.1.